The van der Waals surface area contributed by atoms with Gasteiger partial charge >= 0.3 is 6.18 Å². The van der Waals surface area contributed by atoms with E-state index in [0.717, 1.165) is 26.9 Å². The Kier molecular flexibility index (Phi) is 4.58. The number of aryl methyl sites for hydroxylation is 1. The van der Waals surface area contributed by atoms with Crippen molar-refractivity contribution < 1.29 is 18.0 Å². The molecular weight excluding hydrogens is 381 g/mol. The van der Waals surface area contributed by atoms with Gasteiger partial charge in [0.15, 0.2) is 5.78 Å². The van der Waals surface area contributed by atoms with Crippen molar-refractivity contribution in [3.8, 4) is 0 Å². The monoisotopic (exact) mass is 392 g/mol. The highest BCUT2D eigenvalue weighted by Crippen LogP contribution is 2.34. The van der Waals surface area contributed by atoms with E-state index in [0.29, 0.717) is 5.69 Å². The standard InChI is InChI=1S/C14H12ClF3N4O2S/c1-7-12(25-6-19-7)8(23)5-22-9(14(16,17)18)2-3-21-11(24)4-10(15)20-13(21)22/h4,6,9H,2-3,5H2,1H3/t9-/m0/s1. The van der Waals surface area contributed by atoms with E-state index in [1.807, 2.05) is 0 Å². The molecule has 2 aromatic rings. The first-order valence-electron chi connectivity index (χ1n) is 7.22. The molecule has 1 aliphatic heterocycles. The molecule has 0 N–H and O–H groups in total. The highest BCUT2D eigenvalue weighted by atomic mass is 35.5. The van der Waals surface area contributed by atoms with E-state index in [4.69, 9.17) is 11.6 Å². The molecule has 25 heavy (non-hydrogen) atoms. The number of hydrogen-bond acceptors (Lipinski definition) is 6. The van der Waals surface area contributed by atoms with Gasteiger partial charge in [-0.05, 0) is 13.3 Å². The summed E-state index contributed by atoms with van der Waals surface area (Å²) in [6, 6.07) is -0.887. The normalized spacial score (nSPS) is 17.5. The van der Waals surface area contributed by atoms with Crippen molar-refractivity contribution in [2.75, 3.05) is 11.4 Å². The number of hydrogen-bond donors (Lipinski definition) is 0. The molecule has 2 aromatic heterocycles. The first kappa shape index (κ1) is 17.9. The first-order chi connectivity index (χ1) is 11.7. The summed E-state index contributed by atoms with van der Waals surface area (Å²) in [5.41, 5.74) is 1.35. The van der Waals surface area contributed by atoms with Gasteiger partial charge in [0, 0.05) is 12.6 Å². The van der Waals surface area contributed by atoms with E-state index in [1.165, 1.54) is 5.51 Å². The van der Waals surface area contributed by atoms with E-state index in [-0.39, 0.29) is 28.9 Å². The van der Waals surface area contributed by atoms with Gasteiger partial charge in [-0.15, -0.1) is 11.3 Å². The second-order valence-electron chi connectivity index (χ2n) is 5.53. The molecule has 0 saturated heterocycles. The summed E-state index contributed by atoms with van der Waals surface area (Å²) in [5, 5.41) is -0.217. The lowest BCUT2D eigenvalue weighted by molar-refractivity contribution is -0.152. The summed E-state index contributed by atoms with van der Waals surface area (Å²) >= 11 is 6.80. The van der Waals surface area contributed by atoms with Gasteiger partial charge < -0.3 is 4.90 Å². The van der Waals surface area contributed by atoms with E-state index in [1.54, 1.807) is 6.92 Å². The highest BCUT2D eigenvalue weighted by molar-refractivity contribution is 7.12. The molecule has 0 spiro atoms. The quantitative estimate of drug-likeness (QED) is 0.593. The summed E-state index contributed by atoms with van der Waals surface area (Å²) in [7, 11) is 0. The van der Waals surface area contributed by atoms with Crippen molar-refractivity contribution in [1.82, 2.24) is 14.5 Å². The highest BCUT2D eigenvalue weighted by Gasteiger charge is 2.47. The number of ketones is 1. The molecular formula is C14H12ClF3N4O2S. The van der Waals surface area contributed by atoms with Gasteiger partial charge in [0.2, 0.25) is 5.95 Å². The lowest BCUT2D eigenvalue weighted by atomic mass is 10.1. The fourth-order valence-corrected chi connectivity index (χ4v) is 3.66. The molecule has 0 fully saturated rings. The number of anilines is 1. The molecule has 0 aromatic carbocycles. The summed E-state index contributed by atoms with van der Waals surface area (Å²) in [6.07, 6.45) is -4.93. The summed E-state index contributed by atoms with van der Waals surface area (Å²) in [4.78, 5) is 33.3. The van der Waals surface area contributed by atoms with E-state index >= 15 is 0 Å². The molecule has 134 valence electrons. The lowest BCUT2D eigenvalue weighted by Crippen LogP contribution is -2.54. The first-order valence-corrected chi connectivity index (χ1v) is 8.48. The number of rotatable bonds is 3. The second kappa shape index (κ2) is 6.41. The number of carbonyl (C=O) groups excluding carboxylic acids is 1. The average molecular weight is 393 g/mol. The lowest BCUT2D eigenvalue weighted by Gasteiger charge is -2.38. The largest absolute Gasteiger partial charge is 0.408 e. The van der Waals surface area contributed by atoms with Gasteiger partial charge in [0.1, 0.15) is 11.2 Å². The minimum Gasteiger partial charge on any atom is -0.322 e. The number of alkyl halides is 3. The van der Waals surface area contributed by atoms with Gasteiger partial charge in [-0.3, -0.25) is 14.2 Å². The molecule has 0 bridgehead atoms. The number of fused-ring (bicyclic) bond motifs is 1. The predicted molar refractivity (Wildman–Crippen MR) is 86.5 cm³/mol. The Balaban J connectivity index is 2.04. The van der Waals surface area contributed by atoms with Crippen molar-refractivity contribution in [3.05, 3.63) is 37.7 Å². The topological polar surface area (TPSA) is 68.1 Å². The number of aromatic nitrogens is 3. The molecule has 3 heterocycles. The fourth-order valence-electron chi connectivity index (χ4n) is 2.76. The third-order valence-corrected chi connectivity index (χ3v) is 5.07. The zero-order valence-electron chi connectivity index (χ0n) is 12.9. The molecule has 3 rings (SSSR count). The van der Waals surface area contributed by atoms with Crippen molar-refractivity contribution in [1.29, 1.82) is 0 Å². The molecule has 0 amide bonds. The van der Waals surface area contributed by atoms with Crippen LogP contribution in [-0.4, -0.2) is 39.1 Å². The molecule has 11 heteroatoms. The summed E-state index contributed by atoms with van der Waals surface area (Å²) < 4.78 is 41.4. The third kappa shape index (κ3) is 3.40. The number of nitrogens with zero attached hydrogens (tertiary/aromatic N) is 4. The Morgan fingerprint density at radius 3 is 2.80 bits per heavy atom. The summed E-state index contributed by atoms with van der Waals surface area (Å²) in [5.74, 6) is -0.765. The Morgan fingerprint density at radius 1 is 1.48 bits per heavy atom. The second-order valence-corrected chi connectivity index (χ2v) is 6.77. The number of carbonyl (C=O) groups is 1. The minimum absolute atomic E-state index is 0.146. The van der Waals surface area contributed by atoms with Crippen LogP contribution in [-0.2, 0) is 6.54 Å². The molecule has 0 saturated carbocycles. The SMILES string of the molecule is Cc1ncsc1C(=O)CN1c2nc(Cl)cc(=O)n2CC[C@H]1C(F)(F)F. The predicted octanol–water partition coefficient (Wildman–Crippen LogP) is 2.69. The van der Waals surface area contributed by atoms with Crippen LogP contribution in [0.3, 0.4) is 0 Å². The van der Waals surface area contributed by atoms with Crippen LogP contribution in [0.15, 0.2) is 16.4 Å². The Labute approximate surface area is 148 Å². The maximum Gasteiger partial charge on any atom is 0.408 e. The van der Waals surface area contributed by atoms with Crippen molar-refractivity contribution in [2.45, 2.75) is 32.1 Å². The average Bonchev–Trinajstić information content (AvgIpc) is 2.92. The van der Waals surface area contributed by atoms with Gasteiger partial charge in [0.05, 0.1) is 22.6 Å². The van der Waals surface area contributed by atoms with Crippen LogP contribution in [0.25, 0.3) is 0 Å². The van der Waals surface area contributed by atoms with Crippen LogP contribution >= 0.6 is 22.9 Å². The molecule has 1 atom stereocenters. The maximum absolute atomic E-state index is 13.4. The maximum atomic E-state index is 13.4. The molecule has 0 radical (unpaired) electrons. The van der Waals surface area contributed by atoms with Gasteiger partial charge in [-0.25, -0.2) is 9.97 Å². The minimum atomic E-state index is -4.58. The van der Waals surface area contributed by atoms with E-state index in [2.05, 4.69) is 9.97 Å². The smallest absolute Gasteiger partial charge is 0.322 e. The van der Waals surface area contributed by atoms with Gasteiger partial charge in [-0.1, -0.05) is 11.6 Å². The Morgan fingerprint density at radius 2 is 2.20 bits per heavy atom. The third-order valence-electron chi connectivity index (χ3n) is 3.91. The van der Waals surface area contributed by atoms with Gasteiger partial charge in [0.25, 0.3) is 5.56 Å². The van der Waals surface area contributed by atoms with Gasteiger partial charge in [-0.2, -0.15) is 13.2 Å². The molecule has 1 aliphatic rings. The van der Waals surface area contributed by atoms with Crippen LogP contribution < -0.4 is 10.5 Å². The van der Waals surface area contributed by atoms with Crippen molar-refractivity contribution in [2.24, 2.45) is 0 Å². The van der Waals surface area contributed by atoms with Crippen molar-refractivity contribution in [3.63, 3.8) is 0 Å². The zero-order chi connectivity index (χ0) is 18.4. The molecule has 0 unspecified atom stereocenters. The van der Waals surface area contributed by atoms with Crippen molar-refractivity contribution >= 4 is 34.7 Å². The number of Topliss-reactive ketones (excluding diaryl/α,β-unsaturated/α-hetero) is 1. The Bertz CT molecular complexity index is 880. The van der Waals surface area contributed by atoms with Crippen LogP contribution in [0.2, 0.25) is 5.15 Å². The molecule has 6 nitrogen and oxygen atoms in total. The fraction of sp³-hybridized carbons (Fsp3) is 0.429. The van der Waals surface area contributed by atoms with E-state index in [9.17, 15) is 22.8 Å². The molecule has 0 aliphatic carbocycles. The van der Waals surface area contributed by atoms with Crippen LogP contribution in [0.1, 0.15) is 21.8 Å². The number of halogens is 4. The summed E-state index contributed by atoms with van der Waals surface area (Å²) in [6.45, 7) is 0.890. The van der Waals surface area contributed by atoms with Crippen LogP contribution in [0.5, 0.6) is 0 Å². The van der Waals surface area contributed by atoms with E-state index < -0.39 is 30.1 Å². The number of thiazole rings is 1. The van der Waals surface area contributed by atoms with Crippen LogP contribution in [0.4, 0.5) is 19.1 Å². The zero-order valence-corrected chi connectivity index (χ0v) is 14.5. The Hall–Kier alpha value is -1.94. The van der Waals surface area contributed by atoms with Crippen LogP contribution in [0, 0.1) is 6.92 Å².